The monoisotopic (exact) mass is 442 g/mol. The molecule has 0 aromatic heterocycles. The number of aliphatic hydroxyl groups is 2. The molecule has 7 heteroatoms. The van der Waals surface area contributed by atoms with E-state index in [1.54, 1.807) is 6.08 Å². The van der Waals surface area contributed by atoms with Crippen LogP contribution < -0.4 is 10.1 Å². The smallest absolute Gasteiger partial charge is 0.247 e. The van der Waals surface area contributed by atoms with Gasteiger partial charge in [0.2, 0.25) is 11.8 Å². The number of carbonyl (C=O) groups excluding carboxylic acids is 2. The molecular formula is C25H34N2O5. The van der Waals surface area contributed by atoms with Crippen molar-refractivity contribution in [2.75, 3.05) is 13.2 Å². The number of hydrogen-bond donors (Lipinski definition) is 3. The average molecular weight is 443 g/mol. The summed E-state index contributed by atoms with van der Waals surface area (Å²) in [5.41, 5.74) is 1.35. The van der Waals surface area contributed by atoms with Crippen molar-refractivity contribution in [1.82, 2.24) is 10.2 Å². The van der Waals surface area contributed by atoms with Crippen LogP contribution in [-0.2, 0) is 9.59 Å². The van der Waals surface area contributed by atoms with Crippen LogP contribution in [0.1, 0.15) is 57.4 Å². The number of aliphatic hydroxyl groups excluding tert-OH is 2. The van der Waals surface area contributed by atoms with Gasteiger partial charge in [0, 0.05) is 30.1 Å². The van der Waals surface area contributed by atoms with Gasteiger partial charge in [-0.2, -0.15) is 0 Å². The predicted octanol–water partition coefficient (Wildman–Crippen LogP) is 2.13. The maximum absolute atomic E-state index is 13.4. The average Bonchev–Trinajstić information content (AvgIpc) is 3.42. The predicted molar refractivity (Wildman–Crippen MR) is 120 cm³/mol. The molecule has 174 valence electrons. The Labute approximate surface area is 189 Å². The van der Waals surface area contributed by atoms with E-state index in [0.717, 1.165) is 31.2 Å². The molecule has 0 radical (unpaired) electrons. The van der Waals surface area contributed by atoms with Crippen molar-refractivity contribution in [3.8, 4) is 5.75 Å². The highest BCUT2D eigenvalue weighted by Crippen LogP contribution is 2.47. The van der Waals surface area contributed by atoms with Gasteiger partial charge >= 0.3 is 0 Å². The first-order valence-electron chi connectivity index (χ1n) is 11.8. The van der Waals surface area contributed by atoms with Crippen molar-refractivity contribution in [3.63, 3.8) is 0 Å². The number of carbonyl (C=O) groups is 2. The molecular weight excluding hydrogens is 408 g/mol. The van der Waals surface area contributed by atoms with Crippen LogP contribution in [0.2, 0.25) is 0 Å². The lowest BCUT2D eigenvalue weighted by atomic mass is 9.77. The summed E-state index contributed by atoms with van der Waals surface area (Å²) < 4.78 is 6.15. The number of rotatable bonds is 7. The van der Waals surface area contributed by atoms with Crippen LogP contribution >= 0.6 is 0 Å². The Morgan fingerprint density at radius 3 is 2.62 bits per heavy atom. The van der Waals surface area contributed by atoms with E-state index in [0.29, 0.717) is 17.7 Å². The third-order valence-corrected chi connectivity index (χ3v) is 6.79. The first kappa shape index (κ1) is 22.8. The first-order chi connectivity index (χ1) is 15.4. The second-order valence-corrected chi connectivity index (χ2v) is 9.52. The number of fused-ring (bicyclic) bond motifs is 3. The normalized spacial score (nSPS) is 26.8. The Kier molecular flexibility index (Phi) is 6.86. The molecule has 1 aromatic rings. The summed E-state index contributed by atoms with van der Waals surface area (Å²) in [5.74, 6) is 0.152. The zero-order valence-corrected chi connectivity index (χ0v) is 18.9. The summed E-state index contributed by atoms with van der Waals surface area (Å²) in [5, 5.41) is 23.4. The summed E-state index contributed by atoms with van der Waals surface area (Å²) in [6.07, 6.45) is 4.51. The van der Waals surface area contributed by atoms with Gasteiger partial charge in [-0.3, -0.25) is 9.59 Å². The van der Waals surface area contributed by atoms with Crippen LogP contribution in [-0.4, -0.2) is 64.4 Å². The van der Waals surface area contributed by atoms with Crippen molar-refractivity contribution in [2.45, 2.75) is 76.2 Å². The second-order valence-electron chi connectivity index (χ2n) is 9.52. The molecule has 3 N–H and O–H groups in total. The van der Waals surface area contributed by atoms with Gasteiger partial charge in [-0.25, -0.2) is 0 Å². The van der Waals surface area contributed by atoms with Crippen LogP contribution in [0.4, 0.5) is 0 Å². The van der Waals surface area contributed by atoms with Crippen LogP contribution in [0, 0.1) is 5.92 Å². The molecule has 1 aromatic carbocycles. The molecule has 1 fully saturated rings. The third kappa shape index (κ3) is 4.28. The summed E-state index contributed by atoms with van der Waals surface area (Å²) in [7, 11) is 0. The molecule has 2 amide bonds. The summed E-state index contributed by atoms with van der Waals surface area (Å²) in [4.78, 5) is 28.3. The molecule has 0 spiro atoms. The summed E-state index contributed by atoms with van der Waals surface area (Å²) >= 11 is 0. The fourth-order valence-electron chi connectivity index (χ4n) is 5.41. The van der Waals surface area contributed by atoms with Crippen LogP contribution in [0.5, 0.6) is 5.75 Å². The highest BCUT2D eigenvalue weighted by molar-refractivity contribution is 5.96. The van der Waals surface area contributed by atoms with Crippen LogP contribution in [0.15, 0.2) is 35.9 Å². The van der Waals surface area contributed by atoms with E-state index in [9.17, 15) is 19.8 Å². The van der Waals surface area contributed by atoms with Gasteiger partial charge in [-0.05, 0) is 30.9 Å². The maximum atomic E-state index is 13.4. The highest BCUT2D eigenvalue weighted by Gasteiger charge is 2.51. The molecule has 1 heterocycles. The van der Waals surface area contributed by atoms with Crippen molar-refractivity contribution in [2.24, 2.45) is 5.92 Å². The molecule has 32 heavy (non-hydrogen) atoms. The second kappa shape index (κ2) is 9.63. The zero-order chi connectivity index (χ0) is 22.8. The van der Waals surface area contributed by atoms with E-state index < -0.39 is 24.2 Å². The SMILES string of the molecule is CC(C)CC(=O)N(C1CCCC1)C1C=C(C(=O)NCCO)C2c3ccccc3OC2C1O. The Bertz CT molecular complexity index is 877. The lowest BCUT2D eigenvalue weighted by Crippen LogP contribution is -2.58. The van der Waals surface area contributed by atoms with E-state index in [-0.39, 0.29) is 36.9 Å². The lowest BCUT2D eigenvalue weighted by molar-refractivity contribution is -0.141. The molecule has 4 atom stereocenters. The molecule has 2 aliphatic carbocycles. The number of para-hydroxylation sites is 1. The number of nitrogens with zero attached hydrogens (tertiary/aromatic N) is 1. The Morgan fingerprint density at radius 2 is 1.94 bits per heavy atom. The minimum Gasteiger partial charge on any atom is -0.486 e. The minimum absolute atomic E-state index is 0.0104. The van der Waals surface area contributed by atoms with Gasteiger partial charge in [-0.15, -0.1) is 0 Å². The molecule has 3 aliphatic rings. The lowest BCUT2D eigenvalue weighted by Gasteiger charge is -2.43. The number of amides is 2. The molecule has 1 saturated carbocycles. The fraction of sp³-hybridized carbons (Fsp3) is 0.600. The van der Waals surface area contributed by atoms with Crippen molar-refractivity contribution >= 4 is 11.8 Å². The Hall–Kier alpha value is -2.38. The van der Waals surface area contributed by atoms with Crippen LogP contribution in [0.3, 0.4) is 0 Å². The van der Waals surface area contributed by atoms with Gasteiger partial charge < -0.3 is 25.2 Å². The third-order valence-electron chi connectivity index (χ3n) is 6.79. The van der Waals surface area contributed by atoms with Gasteiger partial charge in [-0.1, -0.05) is 44.9 Å². The number of benzene rings is 1. The molecule has 4 rings (SSSR count). The van der Waals surface area contributed by atoms with E-state index in [4.69, 9.17) is 4.74 Å². The Balaban J connectivity index is 1.75. The fourth-order valence-corrected chi connectivity index (χ4v) is 5.41. The molecule has 0 bridgehead atoms. The Morgan fingerprint density at radius 1 is 1.22 bits per heavy atom. The molecule has 0 saturated heterocycles. The number of hydrogen-bond acceptors (Lipinski definition) is 5. The van der Waals surface area contributed by atoms with Crippen molar-refractivity contribution in [1.29, 1.82) is 0 Å². The standard InChI is InChI=1S/C25H34N2O5/c1-15(2)13-21(29)27(16-7-3-4-8-16)19-14-18(25(31)26-11-12-28)22-17-9-5-6-10-20(17)32-24(22)23(19)30/h5-6,9-10,14-16,19,22-24,28,30H,3-4,7-8,11-13H2,1-2H3,(H,26,31). The topological polar surface area (TPSA) is 99.1 Å². The summed E-state index contributed by atoms with van der Waals surface area (Å²) in [6.45, 7) is 4.01. The van der Waals surface area contributed by atoms with Crippen molar-refractivity contribution < 1.29 is 24.5 Å². The minimum atomic E-state index is -0.946. The zero-order valence-electron chi connectivity index (χ0n) is 18.9. The quantitative estimate of drug-likeness (QED) is 0.601. The van der Waals surface area contributed by atoms with E-state index in [1.165, 1.54) is 0 Å². The first-order valence-corrected chi connectivity index (χ1v) is 11.8. The molecule has 4 unspecified atom stereocenters. The van der Waals surface area contributed by atoms with Gasteiger partial charge in [0.25, 0.3) is 0 Å². The van der Waals surface area contributed by atoms with Crippen molar-refractivity contribution in [3.05, 3.63) is 41.5 Å². The molecule has 7 nitrogen and oxygen atoms in total. The summed E-state index contributed by atoms with van der Waals surface area (Å²) in [6, 6.07) is 6.94. The number of ether oxygens (including phenoxy) is 1. The van der Waals surface area contributed by atoms with Crippen LogP contribution in [0.25, 0.3) is 0 Å². The van der Waals surface area contributed by atoms with E-state index in [2.05, 4.69) is 5.32 Å². The largest absolute Gasteiger partial charge is 0.486 e. The van der Waals surface area contributed by atoms with Gasteiger partial charge in [0.05, 0.1) is 18.6 Å². The molecule has 1 aliphatic heterocycles. The highest BCUT2D eigenvalue weighted by atomic mass is 16.5. The van der Waals surface area contributed by atoms with Gasteiger partial charge in [0.1, 0.15) is 18.0 Å². The van der Waals surface area contributed by atoms with Gasteiger partial charge in [0.15, 0.2) is 0 Å². The number of nitrogens with one attached hydrogen (secondary N) is 1. The maximum Gasteiger partial charge on any atom is 0.247 e. The van der Waals surface area contributed by atoms with E-state index in [1.807, 2.05) is 43.0 Å². The van der Waals surface area contributed by atoms with E-state index >= 15 is 0 Å².